The Labute approximate surface area is 169 Å². The number of hydrogen-bond acceptors (Lipinski definition) is 7. The Morgan fingerprint density at radius 2 is 1.75 bits per heavy atom. The zero-order valence-corrected chi connectivity index (χ0v) is 18.6. The summed E-state index contributed by atoms with van der Waals surface area (Å²) >= 11 is 0. The van der Waals surface area contributed by atoms with Gasteiger partial charge in [-0.25, -0.2) is 0 Å². The summed E-state index contributed by atoms with van der Waals surface area (Å²) in [4.78, 5) is 28.6. The number of ketones is 1. The number of amides is 1. The van der Waals surface area contributed by atoms with Gasteiger partial charge >= 0.3 is 0 Å². The number of carbonyl (C=O) groups is 2. The van der Waals surface area contributed by atoms with Gasteiger partial charge in [-0.2, -0.15) is 5.10 Å². The first-order chi connectivity index (χ1) is 13.0. The van der Waals surface area contributed by atoms with Gasteiger partial charge in [-0.15, -0.1) is 0 Å². The van der Waals surface area contributed by atoms with E-state index in [0.717, 1.165) is 26.2 Å². The van der Waals surface area contributed by atoms with Crippen molar-refractivity contribution in [3.63, 3.8) is 0 Å². The minimum atomic E-state index is -0.867. The molecular formula is C20H39N5O3. The smallest absolute Gasteiger partial charge is 0.240 e. The molecule has 0 aromatic carbocycles. The minimum absolute atomic E-state index is 0.00505. The van der Waals surface area contributed by atoms with Gasteiger partial charge < -0.3 is 15.3 Å². The fourth-order valence-electron chi connectivity index (χ4n) is 3.36. The van der Waals surface area contributed by atoms with Crippen LogP contribution >= 0.6 is 0 Å². The number of nitrogens with one attached hydrogen (secondary N) is 1. The van der Waals surface area contributed by atoms with Crippen LogP contribution in [0.3, 0.4) is 0 Å². The van der Waals surface area contributed by atoms with Crippen molar-refractivity contribution >= 4 is 17.9 Å². The first-order valence-electron chi connectivity index (χ1n) is 10.2. The molecule has 0 aromatic heterocycles. The quantitative estimate of drug-likeness (QED) is 0.515. The number of Topliss-reactive ketones (excluding diaryl/α,β-unsaturated/α-hetero) is 1. The van der Waals surface area contributed by atoms with Crippen molar-refractivity contribution in [1.82, 2.24) is 20.1 Å². The molecule has 1 aliphatic heterocycles. The third-order valence-corrected chi connectivity index (χ3v) is 5.34. The Hall–Kier alpha value is -1.51. The molecule has 0 radical (unpaired) electrons. The van der Waals surface area contributed by atoms with Crippen LogP contribution in [0.1, 0.15) is 34.1 Å². The fraction of sp³-hybridized carbons (Fsp3) is 0.850. The first kappa shape index (κ1) is 24.5. The molecule has 8 nitrogen and oxygen atoms in total. The Bertz CT molecular complexity index is 530. The second-order valence-corrected chi connectivity index (χ2v) is 8.51. The highest BCUT2D eigenvalue weighted by molar-refractivity contribution is 5.90. The second-order valence-electron chi connectivity index (χ2n) is 8.51. The molecule has 1 amide bonds. The van der Waals surface area contributed by atoms with Crippen LogP contribution in [0, 0.1) is 11.8 Å². The second kappa shape index (κ2) is 11.5. The summed E-state index contributed by atoms with van der Waals surface area (Å²) in [6.07, 6.45) is 1.54. The lowest BCUT2D eigenvalue weighted by molar-refractivity contribution is -0.134. The van der Waals surface area contributed by atoms with Crippen LogP contribution in [0.15, 0.2) is 5.10 Å². The molecule has 28 heavy (non-hydrogen) atoms. The summed E-state index contributed by atoms with van der Waals surface area (Å²) < 4.78 is 0. The van der Waals surface area contributed by atoms with Crippen LogP contribution in [0.25, 0.3) is 0 Å². The number of nitrogens with zero attached hydrogens (tertiary/aromatic N) is 4. The van der Waals surface area contributed by atoms with Crippen molar-refractivity contribution in [2.24, 2.45) is 16.9 Å². The van der Waals surface area contributed by atoms with E-state index < -0.39 is 18.2 Å². The summed E-state index contributed by atoms with van der Waals surface area (Å²) in [7, 11) is 5.62. The molecule has 8 heteroatoms. The topological polar surface area (TPSA) is 88.5 Å². The van der Waals surface area contributed by atoms with Crippen LogP contribution in [-0.2, 0) is 9.59 Å². The van der Waals surface area contributed by atoms with Crippen LogP contribution in [0.5, 0.6) is 0 Å². The van der Waals surface area contributed by atoms with Crippen LogP contribution < -0.4 is 5.32 Å². The van der Waals surface area contributed by atoms with Crippen molar-refractivity contribution in [2.75, 3.05) is 47.3 Å². The predicted molar refractivity (Wildman–Crippen MR) is 112 cm³/mol. The number of rotatable bonds is 10. The molecule has 0 aliphatic carbocycles. The van der Waals surface area contributed by atoms with E-state index in [2.05, 4.69) is 22.4 Å². The lowest BCUT2D eigenvalue weighted by Crippen LogP contribution is -2.56. The van der Waals surface area contributed by atoms with Gasteiger partial charge in [-0.3, -0.25) is 19.5 Å². The molecule has 1 aliphatic rings. The van der Waals surface area contributed by atoms with E-state index in [9.17, 15) is 14.7 Å². The first-order valence-corrected chi connectivity index (χ1v) is 10.2. The van der Waals surface area contributed by atoms with Gasteiger partial charge in [0.15, 0.2) is 5.78 Å². The fourth-order valence-corrected chi connectivity index (χ4v) is 3.36. The van der Waals surface area contributed by atoms with Crippen molar-refractivity contribution in [2.45, 2.75) is 52.3 Å². The number of hydrazone groups is 1. The predicted octanol–water partition coefficient (Wildman–Crippen LogP) is 0.267. The van der Waals surface area contributed by atoms with E-state index in [1.54, 1.807) is 19.0 Å². The maximum atomic E-state index is 12.8. The highest BCUT2D eigenvalue weighted by Gasteiger charge is 2.34. The lowest BCUT2D eigenvalue weighted by atomic mass is 9.93. The molecule has 0 spiro atoms. The van der Waals surface area contributed by atoms with Gasteiger partial charge in [0.1, 0.15) is 6.04 Å². The molecule has 1 saturated heterocycles. The van der Waals surface area contributed by atoms with E-state index in [-0.39, 0.29) is 23.5 Å². The zero-order chi connectivity index (χ0) is 21.4. The number of aliphatic hydroxyl groups is 1. The van der Waals surface area contributed by atoms with Gasteiger partial charge in [0, 0.05) is 32.4 Å². The minimum Gasteiger partial charge on any atom is -0.391 e. The molecule has 1 fully saturated rings. The third-order valence-electron chi connectivity index (χ3n) is 5.34. The van der Waals surface area contributed by atoms with Crippen molar-refractivity contribution < 1.29 is 14.7 Å². The third kappa shape index (κ3) is 7.48. The summed E-state index contributed by atoms with van der Waals surface area (Å²) in [5.74, 6) is -0.560. The molecular weight excluding hydrogens is 358 g/mol. The number of hydrogen-bond donors (Lipinski definition) is 2. The average Bonchev–Trinajstić information content (AvgIpc) is 2.60. The Morgan fingerprint density at radius 3 is 2.21 bits per heavy atom. The van der Waals surface area contributed by atoms with E-state index in [1.165, 1.54) is 6.92 Å². The average molecular weight is 398 g/mol. The zero-order valence-electron chi connectivity index (χ0n) is 18.6. The number of carbonyl (C=O) groups excluding carboxylic acids is 2. The molecule has 0 bridgehead atoms. The van der Waals surface area contributed by atoms with E-state index in [0.29, 0.717) is 6.42 Å². The Kier molecular flexibility index (Phi) is 10.1. The van der Waals surface area contributed by atoms with Gasteiger partial charge in [-0.05, 0) is 46.3 Å². The number of likely N-dealkylation sites (N-methyl/N-ethyl adjacent to an activating group) is 2. The number of piperazine rings is 1. The molecule has 4 atom stereocenters. The highest BCUT2D eigenvalue weighted by atomic mass is 16.3. The van der Waals surface area contributed by atoms with Crippen molar-refractivity contribution in [3.05, 3.63) is 0 Å². The number of aliphatic hydroxyl groups excluding tert-OH is 1. The monoisotopic (exact) mass is 397 g/mol. The highest BCUT2D eigenvalue weighted by Crippen LogP contribution is 2.15. The van der Waals surface area contributed by atoms with Crippen LogP contribution in [0.4, 0.5) is 0 Å². The largest absolute Gasteiger partial charge is 0.391 e. The van der Waals surface area contributed by atoms with Crippen LogP contribution in [-0.4, -0.2) is 103 Å². The normalized spacial score (nSPS) is 20.4. The standard InChI is InChI=1S/C20H39N5O3/c1-14(2)17(16(4)26)22-20(28)18(23(5)6)19(27)15(3)8-9-21-25-12-10-24(7)11-13-25/h9,14-15,17-19,27H,8,10-13H2,1-7H3,(H,22,28)/b21-9+/t15-,17-,18-,19-/m1/s1. The maximum Gasteiger partial charge on any atom is 0.240 e. The summed E-state index contributed by atoms with van der Waals surface area (Å²) in [5, 5.41) is 20.2. The van der Waals surface area contributed by atoms with Gasteiger partial charge in [0.2, 0.25) is 5.91 Å². The summed E-state index contributed by atoms with van der Waals surface area (Å²) in [5.41, 5.74) is 0. The van der Waals surface area contributed by atoms with Crippen molar-refractivity contribution in [1.29, 1.82) is 0 Å². The molecule has 1 heterocycles. The molecule has 2 N–H and O–H groups in total. The molecule has 0 unspecified atom stereocenters. The molecule has 1 rings (SSSR count). The van der Waals surface area contributed by atoms with Crippen LogP contribution in [0.2, 0.25) is 0 Å². The van der Waals surface area contributed by atoms with E-state index in [1.807, 2.05) is 32.0 Å². The summed E-state index contributed by atoms with van der Waals surface area (Å²) in [6.45, 7) is 11.0. The SMILES string of the molecule is CC(=O)[C@H](NC(=O)[C@@H]([C@H](O)[C@H](C)C/C=N/N1CCN(C)CC1)N(C)C)C(C)C. The molecule has 0 saturated carbocycles. The summed E-state index contributed by atoms with van der Waals surface area (Å²) in [6, 6.07) is -1.27. The maximum absolute atomic E-state index is 12.8. The van der Waals surface area contributed by atoms with E-state index in [4.69, 9.17) is 0 Å². The molecule has 162 valence electrons. The van der Waals surface area contributed by atoms with E-state index >= 15 is 0 Å². The van der Waals surface area contributed by atoms with Gasteiger partial charge in [-0.1, -0.05) is 20.8 Å². The molecule has 0 aromatic rings. The van der Waals surface area contributed by atoms with Gasteiger partial charge in [0.05, 0.1) is 12.1 Å². The van der Waals surface area contributed by atoms with Crippen molar-refractivity contribution in [3.8, 4) is 0 Å². The van der Waals surface area contributed by atoms with Gasteiger partial charge in [0.25, 0.3) is 0 Å². The Balaban J connectivity index is 2.67. The Morgan fingerprint density at radius 1 is 1.18 bits per heavy atom. The lowest BCUT2D eigenvalue weighted by Gasteiger charge is -2.33.